The molecule has 2 rings (SSSR count). The van der Waals surface area contributed by atoms with Crippen LogP contribution in [0.1, 0.15) is 25.8 Å². The smallest absolute Gasteiger partial charge is 0.272 e. The lowest BCUT2D eigenvalue weighted by Gasteiger charge is -2.26. The van der Waals surface area contributed by atoms with E-state index in [1.807, 2.05) is 44.2 Å². The van der Waals surface area contributed by atoms with Crippen LogP contribution in [0.15, 0.2) is 30.3 Å². The van der Waals surface area contributed by atoms with E-state index in [4.69, 9.17) is 14.2 Å². The van der Waals surface area contributed by atoms with Crippen LogP contribution < -0.4 is 16.1 Å². The predicted molar refractivity (Wildman–Crippen MR) is 119 cm³/mol. The minimum Gasteiger partial charge on any atom is -0.382 e. The largest absolute Gasteiger partial charge is 0.382 e. The van der Waals surface area contributed by atoms with Gasteiger partial charge >= 0.3 is 0 Å². The molecule has 0 aliphatic carbocycles. The number of ether oxygens (including phenoxy) is 3. The number of likely N-dealkylation sites (N-methyl/N-ethyl adjacent to an activating group) is 1. The number of nitrogens with one attached hydrogen (secondary N) is 3. The van der Waals surface area contributed by atoms with Crippen LogP contribution in [0.5, 0.6) is 0 Å². The fraction of sp³-hybridized carbons (Fsp3) is 0.609. The summed E-state index contributed by atoms with van der Waals surface area (Å²) in [6.45, 7) is 4.35. The number of amides is 3. The summed E-state index contributed by atoms with van der Waals surface area (Å²) in [6, 6.07) is 8.52. The summed E-state index contributed by atoms with van der Waals surface area (Å²) in [6.07, 6.45) is -1.34. The van der Waals surface area contributed by atoms with Crippen molar-refractivity contribution in [2.75, 3.05) is 27.4 Å². The zero-order valence-electron chi connectivity index (χ0n) is 19.6. The molecule has 5 atom stereocenters. The molecule has 0 spiro atoms. The minimum absolute atomic E-state index is 0.139. The van der Waals surface area contributed by atoms with E-state index in [2.05, 4.69) is 10.6 Å². The highest BCUT2D eigenvalue weighted by atomic mass is 16.7. The molecule has 1 aromatic carbocycles. The first-order valence-corrected chi connectivity index (χ1v) is 11.1. The number of hydrogen-bond acceptors (Lipinski definition) is 7. The molecule has 1 aliphatic heterocycles. The first-order chi connectivity index (χ1) is 15.8. The fourth-order valence-corrected chi connectivity index (χ4v) is 4.06. The molecular weight excluding hydrogens is 430 g/mol. The van der Waals surface area contributed by atoms with Gasteiger partial charge in [0.2, 0.25) is 11.8 Å². The Hall–Kier alpha value is -2.53. The Morgan fingerprint density at radius 2 is 1.82 bits per heavy atom. The first kappa shape index (κ1) is 26.7. The Morgan fingerprint density at radius 3 is 2.39 bits per heavy atom. The van der Waals surface area contributed by atoms with Crippen LogP contribution in [-0.4, -0.2) is 68.7 Å². The second kappa shape index (κ2) is 13.2. The standard InChI is InChI=1S/C23H35N3O7/c1-14(2)12-16-18(23(32-11-10-31-4)33-19(16)22(29)26-30)21(28)25-17(20(27)24-3)13-15-8-6-5-7-9-15/h5-9,14,16-19,23,30H,10-13H2,1-4H3,(H,24,27)(H,25,28)(H,26,29)/t16-,17+,18-,19-,23+/m0/s1. The van der Waals surface area contributed by atoms with Crippen molar-refractivity contribution < 1.29 is 33.8 Å². The topological polar surface area (TPSA) is 135 Å². The molecule has 1 heterocycles. The Kier molecular flexibility index (Phi) is 10.7. The molecule has 1 aliphatic rings. The summed E-state index contributed by atoms with van der Waals surface area (Å²) >= 11 is 0. The Labute approximate surface area is 194 Å². The molecule has 3 amide bonds. The van der Waals surface area contributed by atoms with E-state index in [9.17, 15) is 19.6 Å². The van der Waals surface area contributed by atoms with Gasteiger partial charge in [0.1, 0.15) is 12.1 Å². The van der Waals surface area contributed by atoms with E-state index >= 15 is 0 Å². The van der Waals surface area contributed by atoms with Crippen LogP contribution in [0.3, 0.4) is 0 Å². The summed E-state index contributed by atoms with van der Waals surface area (Å²) < 4.78 is 16.5. The average molecular weight is 466 g/mol. The molecule has 10 heteroatoms. The Morgan fingerprint density at radius 1 is 1.12 bits per heavy atom. The van der Waals surface area contributed by atoms with Gasteiger partial charge in [-0.2, -0.15) is 0 Å². The summed E-state index contributed by atoms with van der Waals surface area (Å²) in [5.74, 6) is -2.83. The molecular formula is C23H35N3O7. The second-order valence-corrected chi connectivity index (χ2v) is 8.45. The number of methoxy groups -OCH3 is 1. The van der Waals surface area contributed by atoms with Gasteiger partial charge in [-0.05, 0) is 17.9 Å². The minimum atomic E-state index is -1.08. The van der Waals surface area contributed by atoms with Crippen molar-refractivity contribution >= 4 is 17.7 Å². The van der Waals surface area contributed by atoms with E-state index in [1.54, 1.807) is 5.48 Å². The van der Waals surface area contributed by atoms with Gasteiger partial charge in [0.25, 0.3) is 5.91 Å². The SMILES string of the molecule is CNC(=O)[C@@H](Cc1ccccc1)NC(=O)[C@H]1[C@H](OCCOC)O[C@H](C(=O)NO)[C@H]1CC(C)C. The third kappa shape index (κ3) is 7.50. The van der Waals surface area contributed by atoms with E-state index in [1.165, 1.54) is 14.2 Å². The van der Waals surface area contributed by atoms with Crippen LogP contribution in [0.2, 0.25) is 0 Å². The van der Waals surface area contributed by atoms with Crippen molar-refractivity contribution in [2.45, 2.75) is 45.1 Å². The highest BCUT2D eigenvalue weighted by Crippen LogP contribution is 2.38. The van der Waals surface area contributed by atoms with Crippen molar-refractivity contribution in [2.24, 2.45) is 17.8 Å². The summed E-state index contributed by atoms with van der Waals surface area (Å²) in [4.78, 5) is 38.3. The van der Waals surface area contributed by atoms with Crippen LogP contribution >= 0.6 is 0 Å². The van der Waals surface area contributed by atoms with Crippen molar-refractivity contribution in [3.05, 3.63) is 35.9 Å². The van der Waals surface area contributed by atoms with Gasteiger partial charge in [-0.25, -0.2) is 5.48 Å². The molecule has 4 N–H and O–H groups in total. The molecule has 0 bridgehead atoms. The lowest BCUT2D eigenvalue weighted by molar-refractivity contribution is -0.174. The van der Waals surface area contributed by atoms with Crippen LogP contribution in [0, 0.1) is 17.8 Å². The maximum absolute atomic E-state index is 13.5. The number of carbonyl (C=O) groups excluding carboxylic acids is 3. The molecule has 10 nitrogen and oxygen atoms in total. The van der Waals surface area contributed by atoms with Crippen LogP contribution in [0.4, 0.5) is 0 Å². The van der Waals surface area contributed by atoms with Gasteiger partial charge in [0, 0.05) is 26.5 Å². The fourth-order valence-electron chi connectivity index (χ4n) is 4.06. The number of hydrogen-bond donors (Lipinski definition) is 4. The lowest BCUT2D eigenvalue weighted by atomic mass is 9.82. The molecule has 0 saturated carbocycles. The number of benzene rings is 1. The normalized spacial score (nSPS) is 23.2. The molecule has 184 valence electrons. The van der Waals surface area contributed by atoms with E-state index in [0.717, 1.165) is 5.56 Å². The molecule has 0 radical (unpaired) electrons. The summed E-state index contributed by atoms with van der Waals surface area (Å²) in [7, 11) is 3.02. The van der Waals surface area contributed by atoms with E-state index in [-0.39, 0.29) is 25.0 Å². The summed E-state index contributed by atoms with van der Waals surface area (Å²) in [5.41, 5.74) is 2.51. The van der Waals surface area contributed by atoms with Gasteiger partial charge in [-0.1, -0.05) is 44.2 Å². The zero-order valence-corrected chi connectivity index (χ0v) is 19.6. The van der Waals surface area contributed by atoms with Crippen molar-refractivity contribution in [1.82, 2.24) is 16.1 Å². The average Bonchev–Trinajstić information content (AvgIpc) is 3.15. The number of carbonyl (C=O) groups is 3. The highest BCUT2D eigenvalue weighted by Gasteiger charge is 2.52. The Balaban J connectivity index is 2.29. The third-order valence-electron chi connectivity index (χ3n) is 5.57. The monoisotopic (exact) mass is 465 g/mol. The quantitative estimate of drug-likeness (QED) is 0.202. The molecule has 0 aromatic heterocycles. The van der Waals surface area contributed by atoms with Crippen LogP contribution in [0.25, 0.3) is 0 Å². The maximum Gasteiger partial charge on any atom is 0.272 e. The van der Waals surface area contributed by atoms with Crippen LogP contribution in [-0.2, 0) is 35.0 Å². The van der Waals surface area contributed by atoms with E-state index in [0.29, 0.717) is 12.8 Å². The van der Waals surface area contributed by atoms with Gasteiger partial charge in [-0.3, -0.25) is 19.6 Å². The van der Waals surface area contributed by atoms with Crippen molar-refractivity contribution in [1.29, 1.82) is 0 Å². The number of hydroxylamine groups is 1. The zero-order chi connectivity index (χ0) is 24.4. The van der Waals surface area contributed by atoms with Gasteiger partial charge in [0.05, 0.1) is 19.1 Å². The lowest BCUT2D eigenvalue weighted by Crippen LogP contribution is -2.51. The van der Waals surface area contributed by atoms with Gasteiger partial charge < -0.3 is 24.8 Å². The van der Waals surface area contributed by atoms with Gasteiger partial charge in [-0.15, -0.1) is 0 Å². The predicted octanol–water partition coefficient (Wildman–Crippen LogP) is 0.632. The Bertz CT molecular complexity index is 775. The molecule has 1 saturated heterocycles. The van der Waals surface area contributed by atoms with Gasteiger partial charge in [0.15, 0.2) is 6.29 Å². The number of rotatable bonds is 12. The second-order valence-electron chi connectivity index (χ2n) is 8.45. The first-order valence-electron chi connectivity index (χ1n) is 11.1. The molecule has 33 heavy (non-hydrogen) atoms. The van der Waals surface area contributed by atoms with E-state index < -0.39 is 42.1 Å². The maximum atomic E-state index is 13.5. The summed E-state index contributed by atoms with van der Waals surface area (Å²) in [5, 5.41) is 14.6. The van der Waals surface area contributed by atoms with Crippen molar-refractivity contribution in [3.8, 4) is 0 Å². The third-order valence-corrected chi connectivity index (χ3v) is 5.57. The van der Waals surface area contributed by atoms with Crippen molar-refractivity contribution in [3.63, 3.8) is 0 Å². The molecule has 1 aromatic rings. The highest BCUT2D eigenvalue weighted by molar-refractivity contribution is 5.90. The molecule has 0 unspecified atom stereocenters. The molecule has 1 fully saturated rings.